The first kappa shape index (κ1) is 17.1. The Hall–Kier alpha value is -3.29. The van der Waals surface area contributed by atoms with Gasteiger partial charge in [0, 0.05) is 30.3 Å². The van der Waals surface area contributed by atoms with Crippen molar-refractivity contribution in [2.75, 3.05) is 11.9 Å². The lowest BCUT2D eigenvalue weighted by Gasteiger charge is -2.24. The number of fused-ring (bicyclic) bond motifs is 2. The zero-order valence-corrected chi connectivity index (χ0v) is 15.1. The molecule has 0 aliphatic carbocycles. The summed E-state index contributed by atoms with van der Waals surface area (Å²) in [6.07, 6.45) is 3.58. The molecular weight excluding hydrogens is 346 g/mol. The second-order valence-corrected chi connectivity index (χ2v) is 6.39. The molecule has 0 bridgehead atoms. The number of para-hydroxylation sites is 1. The fourth-order valence-corrected chi connectivity index (χ4v) is 3.62. The topological polar surface area (TPSA) is 99.0 Å². The number of benzene rings is 1. The minimum Gasteiger partial charge on any atom is -0.465 e. The Morgan fingerprint density at radius 3 is 2.96 bits per heavy atom. The van der Waals surface area contributed by atoms with Crippen molar-refractivity contribution >= 4 is 28.7 Å². The SMILES string of the molecule is CCOC(=O)Cn1nc(C)c2c1NC(=O)C[C@H]2c1cccc2nccnc12. The molecule has 3 heterocycles. The number of aryl methyl sites for hydroxylation is 1. The molecule has 1 N–H and O–H groups in total. The van der Waals surface area contributed by atoms with E-state index in [0.29, 0.717) is 12.4 Å². The van der Waals surface area contributed by atoms with Crippen LogP contribution in [0.1, 0.15) is 36.1 Å². The van der Waals surface area contributed by atoms with Crippen molar-refractivity contribution in [3.8, 4) is 0 Å². The third kappa shape index (κ3) is 3.03. The van der Waals surface area contributed by atoms with Crippen LogP contribution in [0.5, 0.6) is 0 Å². The van der Waals surface area contributed by atoms with Crippen molar-refractivity contribution < 1.29 is 14.3 Å². The van der Waals surface area contributed by atoms with Crippen LogP contribution in [0.3, 0.4) is 0 Å². The molecule has 1 aliphatic rings. The molecule has 27 heavy (non-hydrogen) atoms. The van der Waals surface area contributed by atoms with Gasteiger partial charge in [-0.15, -0.1) is 0 Å². The van der Waals surface area contributed by atoms with Gasteiger partial charge in [-0.25, -0.2) is 4.68 Å². The predicted octanol–water partition coefficient (Wildman–Crippen LogP) is 2.17. The van der Waals surface area contributed by atoms with E-state index in [2.05, 4.69) is 20.4 Å². The Bertz CT molecular complexity index is 1040. The Morgan fingerprint density at radius 2 is 2.15 bits per heavy atom. The van der Waals surface area contributed by atoms with Crippen molar-refractivity contribution in [3.63, 3.8) is 0 Å². The molecule has 0 spiro atoms. The fourth-order valence-electron chi connectivity index (χ4n) is 3.62. The molecule has 8 heteroatoms. The predicted molar refractivity (Wildman–Crippen MR) is 98.2 cm³/mol. The number of rotatable bonds is 4. The fraction of sp³-hybridized carbons (Fsp3) is 0.316. The summed E-state index contributed by atoms with van der Waals surface area (Å²) in [4.78, 5) is 33.1. The average molecular weight is 365 g/mol. The van der Waals surface area contributed by atoms with E-state index >= 15 is 0 Å². The van der Waals surface area contributed by atoms with Crippen LogP contribution in [0.2, 0.25) is 0 Å². The lowest BCUT2D eigenvalue weighted by molar-refractivity contribution is -0.144. The first-order valence-corrected chi connectivity index (χ1v) is 8.81. The highest BCUT2D eigenvalue weighted by Gasteiger charge is 2.33. The number of nitrogens with zero attached hydrogens (tertiary/aromatic N) is 4. The quantitative estimate of drug-likeness (QED) is 0.712. The molecule has 2 aromatic heterocycles. The zero-order chi connectivity index (χ0) is 19.0. The van der Waals surface area contributed by atoms with E-state index in [9.17, 15) is 9.59 Å². The number of carbonyl (C=O) groups is 2. The van der Waals surface area contributed by atoms with Crippen LogP contribution >= 0.6 is 0 Å². The summed E-state index contributed by atoms with van der Waals surface area (Å²) < 4.78 is 6.51. The zero-order valence-electron chi connectivity index (χ0n) is 15.1. The van der Waals surface area contributed by atoms with Crippen molar-refractivity contribution in [3.05, 3.63) is 47.4 Å². The van der Waals surface area contributed by atoms with E-state index in [4.69, 9.17) is 4.74 Å². The minimum absolute atomic E-state index is 0.0492. The summed E-state index contributed by atoms with van der Waals surface area (Å²) >= 11 is 0. The van der Waals surface area contributed by atoms with Crippen molar-refractivity contribution in [2.45, 2.75) is 32.7 Å². The molecule has 4 rings (SSSR count). The van der Waals surface area contributed by atoms with Crippen LogP contribution in [0.15, 0.2) is 30.6 Å². The number of hydrogen-bond acceptors (Lipinski definition) is 6. The normalized spacial score (nSPS) is 16.1. The van der Waals surface area contributed by atoms with Crippen LogP contribution in [-0.4, -0.2) is 38.2 Å². The van der Waals surface area contributed by atoms with E-state index in [0.717, 1.165) is 27.9 Å². The highest BCUT2D eigenvalue weighted by Crippen LogP contribution is 2.40. The monoisotopic (exact) mass is 365 g/mol. The Labute approximate surface area is 155 Å². The van der Waals surface area contributed by atoms with E-state index < -0.39 is 5.97 Å². The standard InChI is InChI=1S/C19H19N5O3/c1-3-27-16(26)10-24-19-17(11(2)23-24)13(9-15(25)22-19)12-5-4-6-14-18(12)21-8-7-20-14/h4-8,13H,3,9-10H2,1-2H3,(H,22,25)/t13-/m0/s1. The van der Waals surface area contributed by atoms with Gasteiger partial charge in [0.25, 0.3) is 0 Å². The maximum absolute atomic E-state index is 12.4. The summed E-state index contributed by atoms with van der Waals surface area (Å²) in [5.41, 5.74) is 4.13. The van der Waals surface area contributed by atoms with E-state index in [1.807, 2.05) is 25.1 Å². The number of hydrogen-bond donors (Lipinski definition) is 1. The number of carbonyl (C=O) groups excluding carboxylic acids is 2. The van der Waals surface area contributed by atoms with Crippen molar-refractivity contribution in [1.82, 2.24) is 19.7 Å². The molecule has 0 radical (unpaired) electrons. The molecule has 8 nitrogen and oxygen atoms in total. The second-order valence-electron chi connectivity index (χ2n) is 6.39. The molecule has 0 saturated heterocycles. The van der Waals surface area contributed by atoms with Crippen LogP contribution < -0.4 is 5.32 Å². The molecule has 0 unspecified atom stereocenters. The molecule has 1 atom stereocenters. The Balaban J connectivity index is 1.83. The highest BCUT2D eigenvalue weighted by atomic mass is 16.5. The summed E-state index contributed by atoms with van der Waals surface area (Å²) in [6.45, 7) is 3.88. The first-order valence-electron chi connectivity index (χ1n) is 8.81. The summed E-state index contributed by atoms with van der Waals surface area (Å²) in [7, 11) is 0. The molecule has 1 amide bonds. The molecular formula is C19H19N5O3. The number of amides is 1. The van der Waals surface area contributed by atoms with Crippen LogP contribution in [-0.2, 0) is 20.9 Å². The van der Waals surface area contributed by atoms with Crippen molar-refractivity contribution in [1.29, 1.82) is 0 Å². The highest BCUT2D eigenvalue weighted by molar-refractivity contribution is 5.96. The maximum atomic E-state index is 12.4. The van der Waals surface area contributed by atoms with E-state index in [1.165, 1.54) is 4.68 Å². The third-order valence-corrected chi connectivity index (χ3v) is 4.66. The number of esters is 1. The molecule has 1 aliphatic heterocycles. The van der Waals surface area contributed by atoms with Crippen LogP contribution in [0, 0.1) is 6.92 Å². The number of nitrogens with one attached hydrogen (secondary N) is 1. The lowest BCUT2D eigenvalue weighted by atomic mass is 9.85. The number of ether oxygens (including phenoxy) is 1. The largest absolute Gasteiger partial charge is 0.465 e. The second kappa shape index (κ2) is 6.79. The van der Waals surface area contributed by atoms with Gasteiger partial charge in [-0.1, -0.05) is 12.1 Å². The van der Waals surface area contributed by atoms with Gasteiger partial charge in [0.05, 0.1) is 23.3 Å². The van der Waals surface area contributed by atoms with Gasteiger partial charge in [-0.05, 0) is 25.5 Å². The van der Waals surface area contributed by atoms with Gasteiger partial charge in [-0.2, -0.15) is 5.10 Å². The van der Waals surface area contributed by atoms with Gasteiger partial charge in [-0.3, -0.25) is 19.6 Å². The van der Waals surface area contributed by atoms with Gasteiger partial charge >= 0.3 is 5.97 Å². The maximum Gasteiger partial charge on any atom is 0.327 e. The third-order valence-electron chi connectivity index (χ3n) is 4.66. The van der Waals surface area contributed by atoms with Gasteiger partial charge in [0.2, 0.25) is 5.91 Å². The number of aromatic nitrogens is 4. The summed E-state index contributed by atoms with van der Waals surface area (Å²) in [5, 5.41) is 7.33. The molecule has 3 aromatic rings. The van der Waals surface area contributed by atoms with Gasteiger partial charge < -0.3 is 10.1 Å². The van der Waals surface area contributed by atoms with Crippen LogP contribution in [0.4, 0.5) is 5.82 Å². The van der Waals surface area contributed by atoms with E-state index in [-0.39, 0.29) is 24.8 Å². The van der Waals surface area contributed by atoms with Crippen molar-refractivity contribution in [2.24, 2.45) is 0 Å². The summed E-state index contributed by atoms with van der Waals surface area (Å²) in [5.74, 6) is -0.179. The first-order chi connectivity index (χ1) is 13.1. The minimum atomic E-state index is -0.393. The molecule has 0 saturated carbocycles. The summed E-state index contributed by atoms with van der Waals surface area (Å²) in [6, 6.07) is 5.77. The smallest absolute Gasteiger partial charge is 0.327 e. The van der Waals surface area contributed by atoms with Crippen LogP contribution in [0.25, 0.3) is 11.0 Å². The molecule has 138 valence electrons. The average Bonchev–Trinajstić information content (AvgIpc) is 2.96. The Kier molecular flexibility index (Phi) is 4.31. The Morgan fingerprint density at radius 1 is 1.33 bits per heavy atom. The van der Waals surface area contributed by atoms with Gasteiger partial charge in [0.1, 0.15) is 12.4 Å². The molecule has 1 aromatic carbocycles. The number of anilines is 1. The van der Waals surface area contributed by atoms with Gasteiger partial charge in [0.15, 0.2) is 0 Å². The lowest BCUT2D eigenvalue weighted by Crippen LogP contribution is -2.26. The molecule has 0 fully saturated rings. The van der Waals surface area contributed by atoms with E-state index in [1.54, 1.807) is 19.3 Å².